The van der Waals surface area contributed by atoms with Crippen LogP contribution in [0.15, 0.2) is 22.7 Å². The minimum atomic E-state index is 0.383. The third-order valence-electron chi connectivity index (χ3n) is 2.38. The third-order valence-corrected chi connectivity index (χ3v) is 3.12. The quantitative estimate of drug-likeness (QED) is 0.864. The molecule has 2 nitrogen and oxygen atoms in total. The van der Waals surface area contributed by atoms with Gasteiger partial charge in [-0.15, -0.1) is 0 Å². The molecule has 3 heteroatoms. The van der Waals surface area contributed by atoms with Gasteiger partial charge in [0, 0.05) is 4.47 Å². The Balaban J connectivity index is 2.76. The molecule has 1 aromatic carbocycles. The average Bonchev–Trinajstić information content (AvgIpc) is 2.17. The first kappa shape index (κ1) is 11.7. The summed E-state index contributed by atoms with van der Waals surface area (Å²) in [6, 6.07) is 6.38. The number of hydrogen-bond acceptors (Lipinski definition) is 2. The number of hydrogen-bond donors (Lipinski definition) is 2. The van der Waals surface area contributed by atoms with Crippen LogP contribution in [-0.4, -0.2) is 13.1 Å². The monoisotopic (exact) mass is 256 g/mol. The Bertz CT molecular complexity index is 295. The van der Waals surface area contributed by atoms with Crippen LogP contribution in [0, 0.1) is 12.8 Å². The molecule has 14 heavy (non-hydrogen) atoms. The van der Waals surface area contributed by atoms with Crippen LogP contribution < -0.4 is 11.5 Å². The van der Waals surface area contributed by atoms with Gasteiger partial charge in [0.2, 0.25) is 0 Å². The van der Waals surface area contributed by atoms with Gasteiger partial charge in [0.05, 0.1) is 0 Å². The first-order valence-corrected chi connectivity index (χ1v) is 5.61. The summed E-state index contributed by atoms with van der Waals surface area (Å²) in [6.45, 7) is 3.38. The lowest BCUT2D eigenvalue weighted by molar-refractivity contribution is 0.547. The van der Waals surface area contributed by atoms with Gasteiger partial charge in [0.1, 0.15) is 0 Å². The van der Waals surface area contributed by atoms with E-state index in [0.29, 0.717) is 19.0 Å². The van der Waals surface area contributed by atoms with Gasteiger partial charge in [0.25, 0.3) is 0 Å². The van der Waals surface area contributed by atoms with Gasteiger partial charge in [-0.05, 0) is 49.5 Å². The average molecular weight is 257 g/mol. The SMILES string of the molecule is Cc1ccc(CC(CN)CN)c(Br)c1. The summed E-state index contributed by atoms with van der Waals surface area (Å²) in [4.78, 5) is 0. The van der Waals surface area contributed by atoms with Crippen molar-refractivity contribution >= 4 is 15.9 Å². The van der Waals surface area contributed by atoms with Gasteiger partial charge in [-0.3, -0.25) is 0 Å². The highest BCUT2D eigenvalue weighted by molar-refractivity contribution is 9.10. The lowest BCUT2D eigenvalue weighted by Gasteiger charge is -2.13. The molecule has 78 valence electrons. The molecule has 0 bridgehead atoms. The van der Waals surface area contributed by atoms with Gasteiger partial charge in [-0.25, -0.2) is 0 Å². The molecule has 4 N–H and O–H groups in total. The molecule has 0 atom stereocenters. The molecule has 0 fully saturated rings. The fourth-order valence-corrected chi connectivity index (χ4v) is 2.05. The van der Waals surface area contributed by atoms with Crippen LogP contribution in [0.2, 0.25) is 0 Å². The lowest BCUT2D eigenvalue weighted by atomic mass is 9.99. The number of nitrogens with two attached hydrogens (primary N) is 2. The standard InChI is InChI=1S/C11H17BrN2/c1-8-2-3-10(11(12)4-8)5-9(6-13)7-14/h2-4,9H,5-7,13-14H2,1H3. The topological polar surface area (TPSA) is 52.0 Å². The molecule has 0 aliphatic carbocycles. The molecule has 0 radical (unpaired) electrons. The minimum absolute atomic E-state index is 0.383. The number of halogens is 1. The highest BCUT2D eigenvalue weighted by Gasteiger charge is 2.07. The second-order valence-corrected chi connectivity index (χ2v) is 4.49. The van der Waals surface area contributed by atoms with E-state index < -0.39 is 0 Å². The van der Waals surface area contributed by atoms with E-state index in [1.165, 1.54) is 11.1 Å². The summed E-state index contributed by atoms with van der Waals surface area (Å²) in [5.74, 6) is 0.383. The second-order valence-electron chi connectivity index (χ2n) is 3.64. The molecule has 0 unspecified atom stereocenters. The maximum Gasteiger partial charge on any atom is 0.0210 e. The normalized spacial score (nSPS) is 10.9. The van der Waals surface area contributed by atoms with E-state index in [-0.39, 0.29) is 0 Å². The molecule has 0 saturated carbocycles. The van der Waals surface area contributed by atoms with E-state index in [1.54, 1.807) is 0 Å². The van der Waals surface area contributed by atoms with Crippen LogP contribution in [0.25, 0.3) is 0 Å². The van der Waals surface area contributed by atoms with Crippen LogP contribution in [0.3, 0.4) is 0 Å². The summed E-state index contributed by atoms with van der Waals surface area (Å²) in [6.07, 6.45) is 0.952. The van der Waals surface area contributed by atoms with E-state index in [4.69, 9.17) is 11.5 Å². The molecule has 0 aliphatic heterocycles. The Morgan fingerprint density at radius 3 is 2.43 bits per heavy atom. The number of aryl methyl sites for hydroxylation is 1. The van der Waals surface area contributed by atoms with Gasteiger partial charge in [0.15, 0.2) is 0 Å². The Morgan fingerprint density at radius 2 is 1.93 bits per heavy atom. The Morgan fingerprint density at radius 1 is 1.29 bits per heavy atom. The van der Waals surface area contributed by atoms with E-state index in [1.807, 2.05) is 0 Å². The van der Waals surface area contributed by atoms with Gasteiger partial charge in [-0.2, -0.15) is 0 Å². The highest BCUT2D eigenvalue weighted by Crippen LogP contribution is 2.20. The van der Waals surface area contributed by atoms with E-state index in [0.717, 1.165) is 10.9 Å². The van der Waals surface area contributed by atoms with Crippen LogP contribution >= 0.6 is 15.9 Å². The Kier molecular flexibility index (Phi) is 4.58. The predicted octanol–water partition coefficient (Wildman–Crippen LogP) is 1.83. The van der Waals surface area contributed by atoms with Crippen LogP contribution in [0.5, 0.6) is 0 Å². The fraction of sp³-hybridized carbons (Fsp3) is 0.455. The van der Waals surface area contributed by atoms with Crippen molar-refractivity contribution in [3.8, 4) is 0 Å². The van der Waals surface area contributed by atoms with Gasteiger partial charge < -0.3 is 11.5 Å². The van der Waals surface area contributed by atoms with Crippen LogP contribution in [-0.2, 0) is 6.42 Å². The predicted molar refractivity (Wildman–Crippen MR) is 64.2 cm³/mol. The van der Waals surface area contributed by atoms with Gasteiger partial charge >= 0.3 is 0 Å². The minimum Gasteiger partial charge on any atom is -0.330 e. The smallest absolute Gasteiger partial charge is 0.0210 e. The van der Waals surface area contributed by atoms with Crippen molar-refractivity contribution < 1.29 is 0 Å². The van der Waals surface area contributed by atoms with E-state index in [2.05, 4.69) is 41.1 Å². The van der Waals surface area contributed by atoms with Crippen molar-refractivity contribution in [1.82, 2.24) is 0 Å². The van der Waals surface area contributed by atoms with Gasteiger partial charge in [-0.1, -0.05) is 28.1 Å². The van der Waals surface area contributed by atoms with Crippen molar-refractivity contribution in [2.24, 2.45) is 17.4 Å². The first-order valence-electron chi connectivity index (χ1n) is 4.82. The molecule has 0 aromatic heterocycles. The second kappa shape index (κ2) is 5.49. The van der Waals surface area contributed by atoms with Crippen molar-refractivity contribution in [3.05, 3.63) is 33.8 Å². The van der Waals surface area contributed by atoms with Crippen LogP contribution in [0.4, 0.5) is 0 Å². The van der Waals surface area contributed by atoms with Crippen LogP contribution in [0.1, 0.15) is 11.1 Å². The molecule has 0 saturated heterocycles. The zero-order valence-electron chi connectivity index (χ0n) is 8.46. The fourth-order valence-electron chi connectivity index (χ4n) is 1.39. The first-order chi connectivity index (χ1) is 6.67. The molecular formula is C11H17BrN2. The molecule has 0 amide bonds. The molecule has 0 aliphatic rings. The maximum atomic E-state index is 5.62. The Labute approximate surface area is 93.8 Å². The molecule has 1 rings (SSSR count). The van der Waals surface area contributed by atoms with Crippen molar-refractivity contribution in [2.45, 2.75) is 13.3 Å². The lowest BCUT2D eigenvalue weighted by Crippen LogP contribution is -2.25. The zero-order chi connectivity index (χ0) is 10.6. The summed E-state index contributed by atoms with van der Waals surface area (Å²) < 4.78 is 1.16. The largest absolute Gasteiger partial charge is 0.330 e. The maximum absolute atomic E-state index is 5.62. The van der Waals surface area contributed by atoms with E-state index in [9.17, 15) is 0 Å². The summed E-state index contributed by atoms with van der Waals surface area (Å²) in [5, 5.41) is 0. The van der Waals surface area contributed by atoms with Crippen molar-refractivity contribution in [3.63, 3.8) is 0 Å². The highest BCUT2D eigenvalue weighted by atomic mass is 79.9. The molecule has 0 spiro atoms. The zero-order valence-corrected chi connectivity index (χ0v) is 10.0. The summed E-state index contributed by atoms with van der Waals surface area (Å²) >= 11 is 3.55. The third kappa shape index (κ3) is 3.08. The molecule has 1 aromatic rings. The number of rotatable bonds is 4. The molecule has 0 heterocycles. The summed E-state index contributed by atoms with van der Waals surface area (Å²) in [7, 11) is 0. The Hall–Kier alpha value is -0.380. The number of benzene rings is 1. The summed E-state index contributed by atoms with van der Waals surface area (Å²) in [5.41, 5.74) is 13.8. The van der Waals surface area contributed by atoms with Crippen molar-refractivity contribution in [1.29, 1.82) is 0 Å². The molecular weight excluding hydrogens is 240 g/mol. The van der Waals surface area contributed by atoms with E-state index >= 15 is 0 Å². The van der Waals surface area contributed by atoms with Crippen molar-refractivity contribution in [2.75, 3.05) is 13.1 Å².